The first-order valence-corrected chi connectivity index (χ1v) is 11.9. The molecule has 4 rings (SSSR count). The summed E-state index contributed by atoms with van der Waals surface area (Å²) in [6, 6.07) is 0. The van der Waals surface area contributed by atoms with Gasteiger partial charge in [-0.2, -0.15) is 8.42 Å². The molecule has 0 aromatic heterocycles. The Morgan fingerprint density at radius 2 is 1.83 bits per heavy atom. The number of hydrogen-bond donors (Lipinski definition) is 2. The first-order valence-electron chi connectivity index (χ1n) is 10.5. The average Bonchev–Trinajstić information content (AvgIpc) is 2.92. The van der Waals surface area contributed by atoms with Crippen LogP contribution in [0, 0.1) is 28.6 Å². The Balaban J connectivity index is 1.60. The van der Waals surface area contributed by atoms with Crippen LogP contribution in [-0.4, -0.2) is 41.9 Å². The lowest BCUT2D eigenvalue weighted by atomic mass is 9.46. The van der Waals surface area contributed by atoms with Crippen molar-refractivity contribution in [1.82, 2.24) is 0 Å². The van der Waals surface area contributed by atoms with Crippen molar-refractivity contribution in [1.29, 1.82) is 0 Å². The number of aliphatic hydroxyl groups is 1. The summed E-state index contributed by atoms with van der Waals surface area (Å²) in [5.74, 6) is 0.506. The predicted octanol–water partition coefficient (Wildman–Crippen LogP) is 2.64. The minimum atomic E-state index is -4.74. The van der Waals surface area contributed by atoms with Crippen molar-refractivity contribution in [2.24, 2.45) is 28.6 Å². The van der Waals surface area contributed by atoms with Gasteiger partial charge in [0.05, 0.1) is 0 Å². The zero-order valence-corrected chi connectivity index (χ0v) is 17.8. The first-order chi connectivity index (χ1) is 13.4. The molecule has 0 aliphatic heterocycles. The Bertz CT molecular complexity index is 877. The van der Waals surface area contributed by atoms with Crippen molar-refractivity contribution in [3.8, 4) is 0 Å². The van der Waals surface area contributed by atoms with E-state index in [0.29, 0.717) is 31.1 Å². The fraction of sp³-hybridized carbons (Fsp3) is 0.810. The Morgan fingerprint density at radius 1 is 1.14 bits per heavy atom. The molecule has 3 saturated carbocycles. The van der Waals surface area contributed by atoms with E-state index in [-0.39, 0.29) is 23.5 Å². The van der Waals surface area contributed by atoms with E-state index in [1.54, 1.807) is 0 Å². The Kier molecular flexibility index (Phi) is 4.89. The molecule has 0 aromatic rings. The fourth-order valence-electron chi connectivity index (χ4n) is 7.28. The summed E-state index contributed by atoms with van der Waals surface area (Å²) in [4.78, 5) is 24.7. The van der Waals surface area contributed by atoms with E-state index in [0.717, 1.165) is 25.7 Å². The second kappa shape index (κ2) is 6.70. The van der Waals surface area contributed by atoms with Gasteiger partial charge in [0.25, 0.3) is 0 Å². The van der Waals surface area contributed by atoms with E-state index in [1.807, 2.05) is 13.0 Å². The van der Waals surface area contributed by atoms with E-state index in [2.05, 4.69) is 11.1 Å². The molecule has 0 radical (unpaired) electrons. The quantitative estimate of drug-likeness (QED) is 0.664. The molecular formula is C21H30O7S. The summed E-state index contributed by atoms with van der Waals surface area (Å²) in [6.07, 6.45) is 7.67. The average molecular weight is 427 g/mol. The molecule has 0 unspecified atom stereocenters. The smallest absolute Gasteiger partial charge is 0.381 e. The molecule has 6 atom stereocenters. The predicted molar refractivity (Wildman–Crippen MR) is 104 cm³/mol. The van der Waals surface area contributed by atoms with E-state index in [4.69, 9.17) is 4.55 Å². The number of allylic oxidation sites excluding steroid dienone is 1. The Morgan fingerprint density at radius 3 is 2.52 bits per heavy atom. The highest BCUT2D eigenvalue weighted by molar-refractivity contribution is 7.80. The lowest BCUT2D eigenvalue weighted by molar-refractivity contribution is -0.164. The van der Waals surface area contributed by atoms with Gasteiger partial charge < -0.3 is 5.11 Å². The van der Waals surface area contributed by atoms with Gasteiger partial charge in [-0.3, -0.25) is 14.1 Å². The van der Waals surface area contributed by atoms with Gasteiger partial charge in [-0.1, -0.05) is 19.4 Å². The van der Waals surface area contributed by atoms with Crippen LogP contribution in [-0.2, 0) is 24.2 Å². The number of rotatable bonds is 4. The third-order valence-electron chi connectivity index (χ3n) is 8.91. The Hall–Kier alpha value is -1.09. The molecule has 0 amide bonds. The molecule has 29 heavy (non-hydrogen) atoms. The maximum Gasteiger partial charge on any atom is 0.397 e. The molecule has 8 heteroatoms. The second-order valence-electron chi connectivity index (χ2n) is 9.94. The molecule has 4 aliphatic rings. The second-order valence-corrected chi connectivity index (χ2v) is 11.0. The standard InChI is InChI=1S/C21H30O7S/c1-19-8-5-14(22)11-13(19)3-4-15-16(19)6-9-20(2)17(15)7-10-21(20,24)18(23)12-28-29(25,26)27/h11,15-17,24H,3-10,12H2,1-2H3,(H,25,26,27)/t15-,16+,17+,19+,20+,21+/m1/s1. The van der Waals surface area contributed by atoms with Gasteiger partial charge in [-0.05, 0) is 74.2 Å². The Labute approximate surface area is 171 Å². The molecule has 7 nitrogen and oxygen atoms in total. The molecule has 162 valence electrons. The summed E-state index contributed by atoms with van der Waals surface area (Å²) < 4.78 is 34.8. The van der Waals surface area contributed by atoms with Gasteiger partial charge >= 0.3 is 10.4 Å². The van der Waals surface area contributed by atoms with Crippen LogP contribution in [0.2, 0.25) is 0 Å². The number of fused-ring (bicyclic) bond motifs is 5. The fourth-order valence-corrected chi connectivity index (χ4v) is 7.54. The number of carbonyl (C=O) groups is 2. The third-order valence-corrected chi connectivity index (χ3v) is 9.33. The van der Waals surface area contributed by atoms with Crippen molar-refractivity contribution >= 4 is 22.0 Å². The van der Waals surface area contributed by atoms with Gasteiger partial charge in [0.15, 0.2) is 11.6 Å². The summed E-state index contributed by atoms with van der Waals surface area (Å²) in [7, 11) is -4.74. The topological polar surface area (TPSA) is 118 Å². The number of Topliss-reactive ketones (excluding diaryl/α,β-unsaturated/α-hetero) is 1. The maximum absolute atomic E-state index is 12.8. The van der Waals surface area contributed by atoms with Crippen molar-refractivity contribution < 1.29 is 31.8 Å². The molecule has 0 saturated heterocycles. The summed E-state index contributed by atoms with van der Waals surface area (Å²) >= 11 is 0. The minimum Gasteiger partial charge on any atom is -0.381 e. The van der Waals surface area contributed by atoms with E-state index < -0.39 is 33.8 Å². The molecule has 0 spiro atoms. The molecule has 4 aliphatic carbocycles. The molecule has 0 aromatic carbocycles. The molecule has 0 bridgehead atoms. The highest BCUT2D eigenvalue weighted by atomic mass is 32.3. The number of ketones is 2. The van der Waals surface area contributed by atoms with Gasteiger partial charge in [0.1, 0.15) is 12.2 Å². The van der Waals surface area contributed by atoms with Crippen LogP contribution >= 0.6 is 0 Å². The van der Waals surface area contributed by atoms with Gasteiger partial charge in [-0.15, -0.1) is 0 Å². The van der Waals surface area contributed by atoms with Crippen molar-refractivity contribution in [2.75, 3.05) is 6.61 Å². The zero-order chi connectivity index (χ0) is 21.2. The van der Waals surface area contributed by atoms with E-state index in [1.165, 1.54) is 5.57 Å². The van der Waals surface area contributed by atoms with Crippen LogP contribution in [0.3, 0.4) is 0 Å². The molecule has 2 N–H and O–H groups in total. The van der Waals surface area contributed by atoms with Crippen molar-refractivity contribution in [3.63, 3.8) is 0 Å². The van der Waals surface area contributed by atoms with Gasteiger partial charge in [0, 0.05) is 11.8 Å². The number of hydrogen-bond acceptors (Lipinski definition) is 6. The van der Waals surface area contributed by atoms with Crippen LogP contribution in [0.4, 0.5) is 0 Å². The van der Waals surface area contributed by atoms with Crippen LogP contribution in [0.5, 0.6) is 0 Å². The van der Waals surface area contributed by atoms with Crippen molar-refractivity contribution in [3.05, 3.63) is 11.6 Å². The summed E-state index contributed by atoms with van der Waals surface area (Å²) in [5, 5.41) is 11.4. The van der Waals surface area contributed by atoms with Crippen LogP contribution < -0.4 is 0 Å². The van der Waals surface area contributed by atoms with E-state index in [9.17, 15) is 23.1 Å². The molecule has 3 fully saturated rings. The molecule has 0 heterocycles. The van der Waals surface area contributed by atoms with Crippen LogP contribution in [0.15, 0.2) is 11.6 Å². The first kappa shape index (κ1) is 21.2. The SMILES string of the molecule is C[C@]12CCC(=O)C=C1CC[C@@H]1[C@@H]2CC[C@@]2(C)[C@H]1CC[C@]2(O)C(=O)COS(=O)(=O)O. The maximum atomic E-state index is 12.8. The summed E-state index contributed by atoms with van der Waals surface area (Å²) in [5.41, 5.74) is -1.01. The minimum absolute atomic E-state index is 0.0109. The van der Waals surface area contributed by atoms with Crippen molar-refractivity contribution in [2.45, 2.75) is 70.8 Å². The van der Waals surface area contributed by atoms with Crippen LogP contribution in [0.1, 0.15) is 65.2 Å². The normalized spacial score (nSPS) is 44.5. The summed E-state index contributed by atoms with van der Waals surface area (Å²) in [6.45, 7) is 3.37. The highest BCUT2D eigenvalue weighted by Gasteiger charge is 2.66. The van der Waals surface area contributed by atoms with Gasteiger partial charge in [0.2, 0.25) is 0 Å². The lowest BCUT2D eigenvalue weighted by Crippen LogP contribution is -2.58. The third kappa shape index (κ3) is 3.14. The monoisotopic (exact) mass is 426 g/mol. The number of carbonyl (C=O) groups excluding carboxylic acids is 2. The highest BCUT2D eigenvalue weighted by Crippen LogP contribution is 2.67. The van der Waals surface area contributed by atoms with E-state index >= 15 is 0 Å². The van der Waals surface area contributed by atoms with Crippen LogP contribution in [0.25, 0.3) is 0 Å². The molecular weight excluding hydrogens is 396 g/mol. The largest absolute Gasteiger partial charge is 0.397 e. The van der Waals surface area contributed by atoms with Gasteiger partial charge in [-0.25, -0.2) is 4.18 Å². The lowest BCUT2D eigenvalue weighted by Gasteiger charge is -2.58. The zero-order valence-electron chi connectivity index (χ0n) is 17.0.